The van der Waals surface area contributed by atoms with Gasteiger partial charge in [0, 0.05) is 70.8 Å². The molecule has 2 atom stereocenters. The van der Waals surface area contributed by atoms with Crippen LogP contribution in [0.3, 0.4) is 0 Å². The number of carboxylic acid groups (broad SMARTS) is 1. The van der Waals surface area contributed by atoms with Crippen LogP contribution in [0.5, 0.6) is 5.75 Å². The number of fused-ring (bicyclic) bond motifs is 1. The number of aromatic nitrogens is 2. The number of anilines is 2. The van der Waals surface area contributed by atoms with E-state index in [0.29, 0.717) is 61.3 Å². The largest absolute Gasteiger partial charge is 0.490 e. The lowest BCUT2D eigenvalue weighted by atomic mass is 9.93. The molecule has 0 unspecified atom stereocenters. The third-order valence-electron chi connectivity index (χ3n) is 16.6. The molecule has 81 heavy (non-hydrogen) atoms. The molecule has 4 aliphatic heterocycles. The molecule has 5 heterocycles. The minimum absolute atomic E-state index is 0.00477. The Labute approximate surface area is 478 Å². The third kappa shape index (κ3) is 16.6. The van der Waals surface area contributed by atoms with Crippen LogP contribution in [0.25, 0.3) is 0 Å². The van der Waals surface area contributed by atoms with Crippen molar-refractivity contribution in [2.75, 3.05) is 62.3 Å². The van der Waals surface area contributed by atoms with Gasteiger partial charge in [-0.25, -0.2) is 4.39 Å². The summed E-state index contributed by atoms with van der Waals surface area (Å²) < 4.78 is 27.9. The molecule has 0 spiro atoms. The second-order valence-corrected chi connectivity index (χ2v) is 22.8. The van der Waals surface area contributed by atoms with E-state index in [-0.39, 0.29) is 59.8 Å². The molecular weight excluding hydrogens is 1060 g/mol. The zero-order valence-electron chi connectivity index (χ0n) is 46.4. The van der Waals surface area contributed by atoms with Crippen LogP contribution in [-0.2, 0) is 23.9 Å². The van der Waals surface area contributed by atoms with Crippen molar-refractivity contribution >= 4 is 64.9 Å². The average molecular weight is 1140 g/mol. The number of hydrogen-bond acceptors (Lipinski definition) is 15. The zero-order chi connectivity index (χ0) is 57.3. The van der Waals surface area contributed by atoms with Gasteiger partial charge in [-0.1, -0.05) is 82.2 Å². The van der Waals surface area contributed by atoms with Crippen LogP contribution in [0, 0.1) is 23.1 Å². The summed E-state index contributed by atoms with van der Waals surface area (Å²) in [4.78, 5) is 98.2. The number of piperazine rings is 1. The molecule has 3 saturated heterocycles. The summed E-state index contributed by atoms with van der Waals surface area (Å²) in [5, 5.41) is 30.9. The molecule has 0 radical (unpaired) electrons. The van der Waals surface area contributed by atoms with Crippen molar-refractivity contribution in [2.24, 2.45) is 5.92 Å². The summed E-state index contributed by atoms with van der Waals surface area (Å²) in [6.07, 6.45) is 18.5. The normalized spacial score (nSPS) is 20.3. The zero-order valence-corrected chi connectivity index (χ0v) is 47.1. The molecule has 19 nitrogen and oxygen atoms in total. The predicted octanol–water partition coefficient (Wildman–Crippen LogP) is 8.89. The number of rotatable bonds is 29. The number of halogens is 2. The summed E-state index contributed by atoms with van der Waals surface area (Å²) in [5.74, 6) is -3.12. The van der Waals surface area contributed by atoms with Gasteiger partial charge in [0.1, 0.15) is 36.7 Å². The Bertz CT molecular complexity index is 2720. The molecule has 3 aromatic rings. The topological polar surface area (TPSA) is 236 Å². The number of piperidine rings is 2. The van der Waals surface area contributed by atoms with Gasteiger partial charge in [-0.3, -0.25) is 43.5 Å². The maximum atomic E-state index is 15.9. The van der Waals surface area contributed by atoms with E-state index in [4.69, 9.17) is 26.3 Å². The van der Waals surface area contributed by atoms with Crippen LogP contribution in [-0.4, -0.2) is 149 Å². The van der Waals surface area contributed by atoms with Crippen LogP contribution in [0.2, 0.25) is 5.02 Å². The SMILES string of the molecule is N#Cc1ccc(OC2CCC(NC(=O)c3ccc(N4CCC(CN5CCN(c6cc7c(cc6F)C(=O)N([C@@H]6CCC(=O)N(CO[C@H](CCCCCCCCCCCCCCC=O)CC(=O)O)C6=O)C7=O)CC5)CC4)nn3)CC2)cc1Cl. The predicted molar refractivity (Wildman–Crippen MR) is 300 cm³/mol. The lowest BCUT2D eigenvalue weighted by Gasteiger charge is -2.39. The lowest BCUT2D eigenvalue weighted by molar-refractivity contribution is -0.161. The van der Waals surface area contributed by atoms with E-state index in [1.165, 1.54) is 38.2 Å². The highest BCUT2D eigenvalue weighted by atomic mass is 35.5. The minimum Gasteiger partial charge on any atom is -0.490 e. The molecule has 0 bridgehead atoms. The highest BCUT2D eigenvalue weighted by Gasteiger charge is 2.48. The molecule has 1 aromatic heterocycles. The second kappa shape index (κ2) is 29.9. The van der Waals surface area contributed by atoms with Gasteiger partial charge in [0.15, 0.2) is 11.5 Å². The van der Waals surface area contributed by atoms with Gasteiger partial charge in [-0.15, -0.1) is 10.2 Å². The third-order valence-corrected chi connectivity index (χ3v) is 17.0. The Kier molecular flexibility index (Phi) is 22.4. The fourth-order valence-corrected chi connectivity index (χ4v) is 12.1. The number of ether oxygens (including phenoxy) is 2. The summed E-state index contributed by atoms with van der Waals surface area (Å²) in [5.41, 5.74) is 0.711. The molecular formula is C60H77ClFN9O10. The van der Waals surface area contributed by atoms with Crippen molar-refractivity contribution in [3.8, 4) is 11.8 Å². The smallest absolute Gasteiger partial charge is 0.305 e. The average Bonchev–Trinajstić information content (AvgIpc) is 3.56. The van der Waals surface area contributed by atoms with Gasteiger partial charge in [0.05, 0.1) is 46.0 Å². The van der Waals surface area contributed by atoms with Crippen molar-refractivity contribution in [1.82, 2.24) is 30.2 Å². The molecule has 5 aliphatic rings. The van der Waals surface area contributed by atoms with Gasteiger partial charge in [-0.2, -0.15) is 5.26 Å². The van der Waals surface area contributed by atoms with E-state index < -0.39 is 54.3 Å². The van der Waals surface area contributed by atoms with Crippen molar-refractivity contribution in [2.45, 2.75) is 172 Å². The van der Waals surface area contributed by atoms with Crippen LogP contribution in [0.15, 0.2) is 42.5 Å². The summed E-state index contributed by atoms with van der Waals surface area (Å²) >= 11 is 6.16. The Balaban J connectivity index is 0.735. The standard InChI is InChI=1S/C60H77ClFN9O10/c61-49-34-46(18-15-42(49)38-63)81-44-19-16-43(17-20-44)64-57(76)51-21-23-54(66-65-51)69-27-25-41(26-28-69)39-67-29-31-68(32-30-67)53-37-48-47(36-50(53)62)58(77)71(59(48)78)52-22-24-55(73)70(60(52)79)40-80-45(35-56(74)75)14-12-10-8-6-4-2-1-3-5-7-9-11-13-33-72/h15,18,21,23,33-34,36-37,41,43-45,52H,1-14,16-17,19-20,22,24-32,35,39-40H2,(H,64,76)(H,74,75)/t43?,44?,45-,52-/m1/s1. The molecule has 21 heteroatoms. The molecule has 1 aliphatic carbocycles. The first-order valence-corrected chi connectivity index (χ1v) is 29.7. The van der Waals surface area contributed by atoms with E-state index in [1.807, 2.05) is 17.0 Å². The number of imide groups is 2. The Morgan fingerprint density at radius 2 is 1.44 bits per heavy atom. The van der Waals surface area contributed by atoms with Gasteiger partial charge in [-0.05, 0) is 100 Å². The van der Waals surface area contributed by atoms with Crippen LogP contribution >= 0.6 is 11.6 Å². The fourth-order valence-electron chi connectivity index (χ4n) is 11.9. The van der Waals surface area contributed by atoms with Crippen molar-refractivity contribution in [1.29, 1.82) is 5.26 Å². The number of amides is 5. The summed E-state index contributed by atoms with van der Waals surface area (Å²) in [6, 6.07) is 11.8. The van der Waals surface area contributed by atoms with Gasteiger partial charge in [0.2, 0.25) is 5.91 Å². The number of nitrogens with one attached hydrogen (secondary N) is 1. The number of hydrogen-bond donors (Lipinski definition) is 2. The second-order valence-electron chi connectivity index (χ2n) is 22.4. The van der Waals surface area contributed by atoms with Crippen LogP contribution < -0.4 is 19.9 Å². The van der Waals surface area contributed by atoms with Gasteiger partial charge in [0.25, 0.3) is 23.6 Å². The Morgan fingerprint density at radius 1 is 0.790 bits per heavy atom. The van der Waals surface area contributed by atoms with Crippen molar-refractivity contribution < 1.29 is 52.5 Å². The molecule has 5 amide bonds. The highest BCUT2D eigenvalue weighted by Crippen LogP contribution is 2.35. The quantitative estimate of drug-likeness (QED) is 0.0375. The van der Waals surface area contributed by atoms with E-state index >= 15 is 4.39 Å². The van der Waals surface area contributed by atoms with E-state index in [0.717, 1.165) is 131 Å². The molecule has 4 fully saturated rings. The number of nitriles is 1. The van der Waals surface area contributed by atoms with Crippen molar-refractivity contribution in [3.63, 3.8) is 0 Å². The van der Waals surface area contributed by atoms with Crippen molar-refractivity contribution in [3.05, 3.63) is 75.7 Å². The summed E-state index contributed by atoms with van der Waals surface area (Å²) in [7, 11) is 0. The molecule has 2 N–H and O–H groups in total. The number of carbonyl (C=O) groups excluding carboxylic acids is 6. The summed E-state index contributed by atoms with van der Waals surface area (Å²) in [6.45, 7) is 4.24. The maximum Gasteiger partial charge on any atom is 0.305 e. The van der Waals surface area contributed by atoms with Gasteiger partial charge < -0.3 is 34.5 Å². The number of aldehydes is 1. The molecule has 2 aromatic carbocycles. The minimum atomic E-state index is -1.31. The first-order chi connectivity index (χ1) is 39.3. The van der Waals surface area contributed by atoms with E-state index in [2.05, 4.69) is 25.3 Å². The number of nitrogens with zero attached hydrogens (tertiary/aromatic N) is 8. The maximum absolute atomic E-state index is 15.9. The first kappa shape index (κ1) is 60.5. The lowest BCUT2D eigenvalue weighted by Crippen LogP contribution is -2.56. The van der Waals surface area contributed by atoms with Crippen LogP contribution in [0.1, 0.15) is 184 Å². The molecule has 1 saturated carbocycles. The fraction of sp³-hybridized carbons (Fsp3) is 0.600. The number of carbonyl (C=O) groups is 7. The highest BCUT2D eigenvalue weighted by molar-refractivity contribution is 6.31. The van der Waals surface area contributed by atoms with Gasteiger partial charge >= 0.3 is 5.97 Å². The number of likely N-dealkylation sites (tertiary alicyclic amines) is 1. The number of unbranched alkanes of at least 4 members (excludes halogenated alkanes) is 12. The van der Waals surface area contributed by atoms with E-state index in [9.17, 15) is 38.7 Å². The van der Waals surface area contributed by atoms with Crippen LogP contribution in [0.4, 0.5) is 15.9 Å². The number of carboxylic acids is 1. The Morgan fingerprint density at radius 3 is 2.06 bits per heavy atom. The first-order valence-electron chi connectivity index (χ1n) is 29.4. The monoisotopic (exact) mass is 1140 g/mol. The Hall–Kier alpha value is -6.56. The molecule has 8 rings (SSSR count). The number of aliphatic carboxylic acids is 1. The molecule has 436 valence electrons. The van der Waals surface area contributed by atoms with E-state index in [1.54, 1.807) is 24.3 Å². The number of benzene rings is 2.